The Bertz CT molecular complexity index is 449. The lowest BCUT2D eigenvalue weighted by Crippen LogP contribution is -2.46. The number of aliphatic carboxylic acids is 1. The van der Waals surface area contributed by atoms with E-state index in [-0.39, 0.29) is 12.5 Å². The molecule has 0 aromatic carbocycles. The van der Waals surface area contributed by atoms with Crippen LogP contribution in [0.5, 0.6) is 0 Å². The van der Waals surface area contributed by atoms with Crippen LogP contribution in [-0.4, -0.2) is 41.1 Å². The fraction of sp³-hybridized carbons (Fsp3) is 0.667. The minimum Gasteiger partial charge on any atom is -0.481 e. The standard InChI is InChI=1S/C15H22N2O2S/c18-15(19)10-12(14-5-3-9-20-14)16-11-6-8-17-7-2-1-4-13(11)17/h3,5,9,11-13,16H,1-2,4,6-8,10H2,(H,18,19). The summed E-state index contributed by atoms with van der Waals surface area (Å²) in [5.41, 5.74) is 0. The van der Waals surface area contributed by atoms with Gasteiger partial charge in [-0.15, -0.1) is 11.3 Å². The second kappa shape index (κ2) is 6.24. The van der Waals surface area contributed by atoms with Crippen LogP contribution in [0.3, 0.4) is 0 Å². The molecule has 2 N–H and O–H groups in total. The third-order valence-electron chi connectivity index (χ3n) is 4.54. The van der Waals surface area contributed by atoms with Crippen LogP contribution in [0.15, 0.2) is 17.5 Å². The van der Waals surface area contributed by atoms with E-state index in [0.29, 0.717) is 12.1 Å². The molecule has 0 spiro atoms. The minimum atomic E-state index is -0.727. The highest BCUT2D eigenvalue weighted by Gasteiger charge is 2.36. The lowest BCUT2D eigenvalue weighted by Gasteiger charge is -2.34. The Morgan fingerprint density at radius 1 is 1.45 bits per heavy atom. The number of carbonyl (C=O) groups is 1. The topological polar surface area (TPSA) is 52.6 Å². The molecule has 0 radical (unpaired) electrons. The molecule has 2 aliphatic heterocycles. The quantitative estimate of drug-likeness (QED) is 0.876. The molecule has 1 aromatic rings. The predicted octanol–water partition coefficient (Wildman–Crippen LogP) is 2.48. The maximum atomic E-state index is 11.1. The van der Waals surface area contributed by atoms with E-state index in [1.807, 2.05) is 17.5 Å². The Labute approximate surface area is 123 Å². The number of nitrogens with one attached hydrogen (secondary N) is 1. The van der Waals surface area contributed by atoms with Gasteiger partial charge in [-0.05, 0) is 37.3 Å². The van der Waals surface area contributed by atoms with Gasteiger partial charge in [-0.1, -0.05) is 12.5 Å². The van der Waals surface area contributed by atoms with Crippen LogP contribution < -0.4 is 5.32 Å². The van der Waals surface area contributed by atoms with E-state index in [1.54, 1.807) is 11.3 Å². The van der Waals surface area contributed by atoms with Crippen LogP contribution in [0.25, 0.3) is 0 Å². The summed E-state index contributed by atoms with van der Waals surface area (Å²) >= 11 is 1.65. The van der Waals surface area contributed by atoms with E-state index in [4.69, 9.17) is 5.11 Å². The summed E-state index contributed by atoms with van der Waals surface area (Å²) in [5.74, 6) is -0.727. The van der Waals surface area contributed by atoms with E-state index in [9.17, 15) is 4.79 Å². The van der Waals surface area contributed by atoms with Crippen molar-refractivity contribution in [3.05, 3.63) is 22.4 Å². The van der Waals surface area contributed by atoms with Gasteiger partial charge >= 0.3 is 5.97 Å². The molecule has 1 aromatic heterocycles. The number of thiophene rings is 1. The molecule has 0 saturated carbocycles. The molecular formula is C15H22N2O2S. The van der Waals surface area contributed by atoms with Crippen molar-refractivity contribution in [1.29, 1.82) is 0 Å². The summed E-state index contributed by atoms with van der Waals surface area (Å²) in [6, 6.07) is 5.05. The first-order valence-corrected chi connectivity index (χ1v) is 8.37. The van der Waals surface area contributed by atoms with Gasteiger partial charge in [0, 0.05) is 23.5 Å². The zero-order chi connectivity index (χ0) is 13.9. The molecule has 3 rings (SSSR count). The Morgan fingerprint density at radius 2 is 2.35 bits per heavy atom. The Morgan fingerprint density at radius 3 is 3.10 bits per heavy atom. The molecule has 4 nitrogen and oxygen atoms in total. The fourth-order valence-electron chi connectivity index (χ4n) is 3.61. The van der Waals surface area contributed by atoms with Gasteiger partial charge in [0.1, 0.15) is 0 Å². The molecule has 3 unspecified atom stereocenters. The number of rotatable bonds is 5. The number of hydrogen-bond donors (Lipinski definition) is 2. The fourth-order valence-corrected chi connectivity index (χ4v) is 4.39. The van der Waals surface area contributed by atoms with Crippen molar-refractivity contribution in [2.24, 2.45) is 0 Å². The van der Waals surface area contributed by atoms with Crippen molar-refractivity contribution in [3.8, 4) is 0 Å². The SMILES string of the molecule is O=C(O)CC(NC1CCN2CCCCC12)c1cccs1. The Balaban J connectivity index is 1.68. The lowest BCUT2D eigenvalue weighted by molar-refractivity contribution is -0.137. The highest BCUT2D eigenvalue weighted by Crippen LogP contribution is 2.30. The predicted molar refractivity (Wildman–Crippen MR) is 80.1 cm³/mol. The average molecular weight is 294 g/mol. The van der Waals surface area contributed by atoms with Gasteiger partial charge in [0.25, 0.3) is 0 Å². The normalized spacial score (nSPS) is 28.2. The van der Waals surface area contributed by atoms with Crippen LogP contribution in [0, 0.1) is 0 Å². The highest BCUT2D eigenvalue weighted by molar-refractivity contribution is 7.10. The Hall–Kier alpha value is -0.910. The molecule has 0 bridgehead atoms. The number of fused-ring (bicyclic) bond motifs is 1. The minimum absolute atomic E-state index is 0.0422. The zero-order valence-corrected chi connectivity index (χ0v) is 12.4. The second-order valence-corrected chi connectivity index (χ2v) is 6.81. The first-order chi connectivity index (χ1) is 9.74. The molecule has 2 fully saturated rings. The first-order valence-electron chi connectivity index (χ1n) is 7.49. The molecule has 2 aliphatic rings. The third-order valence-corrected chi connectivity index (χ3v) is 5.52. The summed E-state index contributed by atoms with van der Waals surface area (Å²) in [6.45, 7) is 2.37. The summed E-state index contributed by atoms with van der Waals surface area (Å²) in [5, 5.41) is 14.8. The third kappa shape index (κ3) is 3.05. The molecule has 2 saturated heterocycles. The molecule has 3 heterocycles. The molecule has 5 heteroatoms. The average Bonchev–Trinajstić information content (AvgIpc) is 3.07. The molecular weight excluding hydrogens is 272 g/mol. The van der Waals surface area contributed by atoms with Crippen LogP contribution in [0.4, 0.5) is 0 Å². The van der Waals surface area contributed by atoms with E-state index in [1.165, 1.54) is 25.8 Å². The van der Waals surface area contributed by atoms with E-state index in [2.05, 4.69) is 10.2 Å². The molecule has 3 atom stereocenters. The van der Waals surface area contributed by atoms with Gasteiger partial charge in [-0.2, -0.15) is 0 Å². The number of carboxylic acid groups (broad SMARTS) is 1. The van der Waals surface area contributed by atoms with Gasteiger partial charge in [0.05, 0.1) is 12.5 Å². The van der Waals surface area contributed by atoms with E-state index >= 15 is 0 Å². The van der Waals surface area contributed by atoms with Gasteiger partial charge in [-0.25, -0.2) is 0 Å². The summed E-state index contributed by atoms with van der Waals surface area (Å²) < 4.78 is 0. The number of hydrogen-bond acceptors (Lipinski definition) is 4. The largest absolute Gasteiger partial charge is 0.481 e. The van der Waals surface area contributed by atoms with Crippen molar-refractivity contribution in [3.63, 3.8) is 0 Å². The molecule has 0 amide bonds. The highest BCUT2D eigenvalue weighted by atomic mass is 32.1. The van der Waals surface area contributed by atoms with Gasteiger partial charge in [0.15, 0.2) is 0 Å². The van der Waals surface area contributed by atoms with Crippen molar-refractivity contribution in [1.82, 2.24) is 10.2 Å². The van der Waals surface area contributed by atoms with Crippen molar-refractivity contribution < 1.29 is 9.90 Å². The van der Waals surface area contributed by atoms with Gasteiger partial charge < -0.3 is 10.4 Å². The summed E-state index contributed by atoms with van der Waals surface area (Å²) in [7, 11) is 0. The smallest absolute Gasteiger partial charge is 0.305 e. The van der Waals surface area contributed by atoms with Gasteiger partial charge in [-0.3, -0.25) is 9.69 Å². The molecule has 0 aliphatic carbocycles. The first kappa shape index (κ1) is 14.0. The van der Waals surface area contributed by atoms with E-state index in [0.717, 1.165) is 17.8 Å². The maximum Gasteiger partial charge on any atom is 0.305 e. The van der Waals surface area contributed by atoms with Crippen LogP contribution >= 0.6 is 11.3 Å². The van der Waals surface area contributed by atoms with Crippen LogP contribution in [-0.2, 0) is 4.79 Å². The summed E-state index contributed by atoms with van der Waals surface area (Å²) in [4.78, 5) is 14.8. The lowest BCUT2D eigenvalue weighted by atomic mass is 9.98. The summed E-state index contributed by atoms with van der Waals surface area (Å²) in [6.07, 6.45) is 5.19. The Kier molecular flexibility index (Phi) is 4.38. The number of piperidine rings is 1. The number of nitrogens with zero attached hydrogens (tertiary/aromatic N) is 1. The van der Waals surface area contributed by atoms with Crippen LogP contribution in [0.2, 0.25) is 0 Å². The van der Waals surface area contributed by atoms with Gasteiger partial charge in [0.2, 0.25) is 0 Å². The van der Waals surface area contributed by atoms with E-state index < -0.39 is 5.97 Å². The molecule has 20 heavy (non-hydrogen) atoms. The van der Waals surface area contributed by atoms with Crippen molar-refractivity contribution >= 4 is 17.3 Å². The van der Waals surface area contributed by atoms with Crippen molar-refractivity contribution in [2.75, 3.05) is 13.1 Å². The number of carboxylic acids is 1. The second-order valence-electron chi connectivity index (χ2n) is 5.83. The van der Waals surface area contributed by atoms with Crippen LogP contribution in [0.1, 0.15) is 43.0 Å². The zero-order valence-electron chi connectivity index (χ0n) is 11.6. The molecule has 110 valence electrons. The van der Waals surface area contributed by atoms with Crippen molar-refractivity contribution in [2.45, 2.75) is 50.2 Å². The maximum absolute atomic E-state index is 11.1. The monoisotopic (exact) mass is 294 g/mol.